The maximum atomic E-state index is 11.5. The maximum Gasteiger partial charge on any atom is 0.250 e. The van der Waals surface area contributed by atoms with Gasteiger partial charge >= 0.3 is 0 Å². The van der Waals surface area contributed by atoms with E-state index < -0.39 is 5.91 Å². The van der Waals surface area contributed by atoms with E-state index in [4.69, 9.17) is 5.73 Å². The van der Waals surface area contributed by atoms with Gasteiger partial charge in [-0.3, -0.25) is 9.59 Å². The predicted molar refractivity (Wildman–Crippen MR) is 63.0 cm³/mol. The molecule has 0 aliphatic heterocycles. The Balaban J connectivity index is 2.81. The van der Waals surface area contributed by atoms with Crippen LogP contribution in [0.4, 0.5) is 5.69 Å². The highest BCUT2D eigenvalue weighted by atomic mass is 16.2. The third kappa shape index (κ3) is 3.38. The zero-order valence-corrected chi connectivity index (χ0v) is 9.49. The molecule has 86 valence electrons. The average molecular weight is 220 g/mol. The quantitative estimate of drug-likeness (QED) is 0.811. The lowest BCUT2D eigenvalue weighted by molar-refractivity contribution is -0.116. The lowest BCUT2D eigenvalue weighted by Crippen LogP contribution is -2.19. The summed E-state index contributed by atoms with van der Waals surface area (Å²) in [5, 5.41) is 2.68. The lowest BCUT2D eigenvalue weighted by Gasteiger charge is -2.09. The molecule has 0 aromatic heterocycles. The van der Waals surface area contributed by atoms with Gasteiger partial charge in [0.25, 0.3) is 5.91 Å². The van der Waals surface area contributed by atoms with Crippen LogP contribution in [0.5, 0.6) is 0 Å². The van der Waals surface area contributed by atoms with Gasteiger partial charge in [-0.15, -0.1) is 0 Å². The predicted octanol–water partition coefficient (Wildman–Crippen LogP) is 1.77. The Hall–Kier alpha value is -1.84. The third-order valence-corrected chi connectivity index (χ3v) is 2.06. The second-order valence-electron chi connectivity index (χ2n) is 4.06. The van der Waals surface area contributed by atoms with Crippen LogP contribution >= 0.6 is 0 Å². The van der Waals surface area contributed by atoms with Crippen LogP contribution in [0.3, 0.4) is 0 Å². The molecule has 0 fully saturated rings. The Morgan fingerprint density at radius 1 is 1.31 bits per heavy atom. The number of hydrogen-bond acceptors (Lipinski definition) is 2. The Morgan fingerprint density at radius 2 is 1.94 bits per heavy atom. The third-order valence-electron chi connectivity index (χ3n) is 2.06. The monoisotopic (exact) mass is 220 g/mol. The van der Waals surface area contributed by atoms with Crippen LogP contribution in [-0.2, 0) is 4.79 Å². The number of amides is 2. The molecule has 0 aliphatic carbocycles. The van der Waals surface area contributed by atoms with Crippen LogP contribution in [0, 0.1) is 5.92 Å². The minimum Gasteiger partial charge on any atom is -0.366 e. The van der Waals surface area contributed by atoms with Crippen molar-refractivity contribution in [1.29, 1.82) is 0 Å². The fourth-order valence-corrected chi connectivity index (χ4v) is 1.38. The molecule has 0 saturated carbocycles. The number of carbonyl (C=O) groups excluding carboxylic acids is 2. The van der Waals surface area contributed by atoms with Crippen molar-refractivity contribution >= 4 is 17.5 Å². The summed E-state index contributed by atoms with van der Waals surface area (Å²) in [6.45, 7) is 3.92. The summed E-state index contributed by atoms with van der Waals surface area (Å²) < 4.78 is 0. The average Bonchev–Trinajstić information content (AvgIpc) is 2.16. The van der Waals surface area contributed by atoms with E-state index in [1.54, 1.807) is 24.3 Å². The molecular weight excluding hydrogens is 204 g/mol. The van der Waals surface area contributed by atoms with Gasteiger partial charge in [0.1, 0.15) is 0 Å². The molecule has 1 rings (SSSR count). The fourth-order valence-electron chi connectivity index (χ4n) is 1.38. The molecular formula is C12H16N2O2. The zero-order valence-electron chi connectivity index (χ0n) is 9.49. The number of hydrogen-bond donors (Lipinski definition) is 2. The number of primary amides is 1. The fraction of sp³-hybridized carbons (Fsp3) is 0.333. The van der Waals surface area contributed by atoms with Crippen LogP contribution in [0.1, 0.15) is 30.6 Å². The van der Waals surface area contributed by atoms with Crippen molar-refractivity contribution in [3.8, 4) is 0 Å². The normalized spacial score (nSPS) is 10.2. The van der Waals surface area contributed by atoms with Gasteiger partial charge in [-0.05, 0) is 18.1 Å². The zero-order chi connectivity index (χ0) is 12.1. The van der Waals surface area contributed by atoms with E-state index >= 15 is 0 Å². The van der Waals surface area contributed by atoms with Crippen LogP contribution < -0.4 is 11.1 Å². The molecule has 3 N–H and O–H groups in total. The first-order chi connectivity index (χ1) is 7.50. The standard InChI is InChI=1S/C12H16N2O2/c1-8(2)7-11(15)14-10-6-4-3-5-9(10)12(13)16/h3-6,8H,7H2,1-2H3,(H2,13,16)(H,14,15). The van der Waals surface area contributed by atoms with Crippen molar-refractivity contribution in [2.45, 2.75) is 20.3 Å². The Labute approximate surface area is 94.8 Å². The van der Waals surface area contributed by atoms with E-state index in [1.807, 2.05) is 13.8 Å². The summed E-state index contributed by atoms with van der Waals surface area (Å²) in [5.74, 6) is -0.370. The molecule has 0 bridgehead atoms. The number of anilines is 1. The van der Waals surface area contributed by atoms with Crippen molar-refractivity contribution in [3.05, 3.63) is 29.8 Å². The summed E-state index contributed by atoms with van der Waals surface area (Å²) in [5.41, 5.74) is 6.01. The van der Waals surface area contributed by atoms with Gasteiger partial charge in [-0.1, -0.05) is 26.0 Å². The first-order valence-electron chi connectivity index (χ1n) is 5.19. The number of carbonyl (C=O) groups is 2. The molecule has 0 radical (unpaired) electrons. The maximum absolute atomic E-state index is 11.5. The van der Waals surface area contributed by atoms with Gasteiger partial charge in [0.2, 0.25) is 5.91 Å². The van der Waals surface area contributed by atoms with E-state index in [0.717, 1.165) is 0 Å². The number of nitrogens with two attached hydrogens (primary N) is 1. The molecule has 2 amide bonds. The summed E-state index contributed by atoms with van der Waals surface area (Å²) >= 11 is 0. The van der Waals surface area contributed by atoms with Gasteiger partial charge in [-0.2, -0.15) is 0 Å². The van der Waals surface area contributed by atoms with Gasteiger partial charge in [0, 0.05) is 6.42 Å². The summed E-state index contributed by atoms with van der Waals surface area (Å²) in [6.07, 6.45) is 0.424. The number of rotatable bonds is 4. The lowest BCUT2D eigenvalue weighted by atomic mass is 10.1. The van der Waals surface area contributed by atoms with E-state index in [1.165, 1.54) is 0 Å². The molecule has 0 aliphatic rings. The topological polar surface area (TPSA) is 72.2 Å². The van der Waals surface area contributed by atoms with Crippen molar-refractivity contribution < 1.29 is 9.59 Å². The number of para-hydroxylation sites is 1. The van der Waals surface area contributed by atoms with E-state index in [2.05, 4.69) is 5.32 Å². The van der Waals surface area contributed by atoms with E-state index in [-0.39, 0.29) is 11.8 Å². The van der Waals surface area contributed by atoms with Gasteiger partial charge in [0.15, 0.2) is 0 Å². The van der Waals surface area contributed by atoms with E-state index in [0.29, 0.717) is 17.7 Å². The molecule has 4 heteroatoms. The SMILES string of the molecule is CC(C)CC(=O)Nc1ccccc1C(N)=O. The first-order valence-corrected chi connectivity index (χ1v) is 5.19. The molecule has 16 heavy (non-hydrogen) atoms. The molecule has 0 heterocycles. The van der Waals surface area contributed by atoms with Crippen molar-refractivity contribution in [1.82, 2.24) is 0 Å². The van der Waals surface area contributed by atoms with Crippen molar-refractivity contribution in [3.63, 3.8) is 0 Å². The van der Waals surface area contributed by atoms with Crippen molar-refractivity contribution in [2.24, 2.45) is 11.7 Å². The van der Waals surface area contributed by atoms with Gasteiger partial charge < -0.3 is 11.1 Å². The van der Waals surface area contributed by atoms with Crippen LogP contribution in [0.15, 0.2) is 24.3 Å². The van der Waals surface area contributed by atoms with E-state index in [9.17, 15) is 9.59 Å². The first kappa shape index (κ1) is 12.2. The minimum absolute atomic E-state index is 0.108. The van der Waals surface area contributed by atoms with Crippen LogP contribution in [-0.4, -0.2) is 11.8 Å². The minimum atomic E-state index is -0.541. The molecule has 4 nitrogen and oxygen atoms in total. The Morgan fingerprint density at radius 3 is 2.50 bits per heavy atom. The second kappa shape index (κ2) is 5.30. The van der Waals surface area contributed by atoms with Crippen molar-refractivity contribution in [2.75, 3.05) is 5.32 Å². The molecule has 1 aromatic carbocycles. The number of nitrogens with one attached hydrogen (secondary N) is 1. The molecule has 0 unspecified atom stereocenters. The Kier molecular flexibility index (Phi) is 4.05. The highest BCUT2D eigenvalue weighted by Crippen LogP contribution is 2.15. The highest BCUT2D eigenvalue weighted by molar-refractivity contribution is 6.02. The van der Waals surface area contributed by atoms with Crippen LogP contribution in [0.25, 0.3) is 0 Å². The summed E-state index contributed by atoms with van der Waals surface area (Å²) in [7, 11) is 0. The molecule has 0 saturated heterocycles. The Bertz CT molecular complexity index is 400. The summed E-state index contributed by atoms with van der Waals surface area (Å²) in [4.78, 5) is 22.6. The second-order valence-corrected chi connectivity index (χ2v) is 4.06. The molecule has 0 spiro atoms. The smallest absolute Gasteiger partial charge is 0.250 e. The summed E-state index contributed by atoms with van der Waals surface area (Å²) in [6, 6.07) is 6.71. The molecule has 1 aromatic rings. The van der Waals surface area contributed by atoms with Crippen LogP contribution in [0.2, 0.25) is 0 Å². The number of benzene rings is 1. The highest BCUT2D eigenvalue weighted by Gasteiger charge is 2.10. The largest absolute Gasteiger partial charge is 0.366 e. The van der Waals surface area contributed by atoms with Gasteiger partial charge in [0.05, 0.1) is 11.3 Å². The van der Waals surface area contributed by atoms with Gasteiger partial charge in [-0.25, -0.2) is 0 Å². The molecule has 0 atom stereocenters.